The Morgan fingerprint density at radius 3 is 2.07 bits per heavy atom. The largest absolute Gasteiger partial charge is 0.330 e. The third kappa shape index (κ3) is 2.99. The Hall–Kier alpha value is -0.960. The average molecular weight is 213 g/mol. The van der Waals surface area contributed by atoms with E-state index in [-0.39, 0.29) is 11.0 Å². The molecule has 84 valence electrons. The summed E-state index contributed by atoms with van der Waals surface area (Å²) >= 11 is 0. The fourth-order valence-electron chi connectivity index (χ4n) is 1.45. The van der Waals surface area contributed by atoms with Crippen LogP contribution in [0.1, 0.15) is 25.0 Å². The van der Waals surface area contributed by atoms with Crippen LogP contribution in [0.25, 0.3) is 0 Å². The minimum absolute atomic E-state index is 0.135. The zero-order valence-corrected chi connectivity index (χ0v) is 9.40. The minimum Gasteiger partial charge on any atom is -0.330 e. The lowest BCUT2D eigenvalue weighted by molar-refractivity contribution is 0.361. The van der Waals surface area contributed by atoms with Gasteiger partial charge in [0.2, 0.25) is 0 Å². The highest BCUT2D eigenvalue weighted by atomic mass is 19.1. The monoisotopic (exact) mass is 213 g/mol. The van der Waals surface area contributed by atoms with E-state index in [1.165, 1.54) is 12.1 Å². The summed E-state index contributed by atoms with van der Waals surface area (Å²) in [6, 6.07) is 2.70. The fraction of sp³-hybridized carbons (Fsp3) is 0.500. The smallest absolute Gasteiger partial charge is 0.129 e. The van der Waals surface area contributed by atoms with Gasteiger partial charge < -0.3 is 5.73 Å². The van der Waals surface area contributed by atoms with Crippen LogP contribution in [0, 0.1) is 24.0 Å². The van der Waals surface area contributed by atoms with Crippen molar-refractivity contribution in [2.75, 3.05) is 6.54 Å². The maximum atomic E-state index is 13.5. The molecule has 2 N–H and O–H groups in total. The third-order valence-electron chi connectivity index (χ3n) is 2.49. The van der Waals surface area contributed by atoms with Crippen molar-refractivity contribution in [3.05, 3.63) is 34.9 Å². The van der Waals surface area contributed by atoms with E-state index in [4.69, 9.17) is 5.73 Å². The van der Waals surface area contributed by atoms with Gasteiger partial charge in [0.25, 0.3) is 0 Å². The lowest BCUT2D eigenvalue weighted by Crippen LogP contribution is -2.26. The van der Waals surface area contributed by atoms with Crippen LogP contribution >= 0.6 is 0 Å². The number of hydrogen-bond acceptors (Lipinski definition) is 1. The van der Waals surface area contributed by atoms with E-state index in [9.17, 15) is 8.78 Å². The van der Waals surface area contributed by atoms with Crippen LogP contribution in [0.3, 0.4) is 0 Å². The summed E-state index contributed by atoms with van der Waals surface area (Å²) in [5, 5.41) is 0. The highest BCUT2D eigenvalue weighted by Crippen LogP contribution is 2.25. The van der Waals surface area contributed by atoms with Gasteiger partial charge in [-0.15, -0.1) is 0 Å². The van der Waals surface area contributed by atoms with Crippen LogP contribution < -0.4 is 5.73 Å². The molecule has 0 aliphatic carbocycles. The normalized spacial score (nSPS) is 11.9. The molecule has 0 saturated carbocycles. The lowest BCUT2D eigenvalue weighted by atomic mass is 9.85. The molecule has 0 radical (unpaired) electrons. The zero-order valence-electron chi connectivity index (χ0n) is 9.40. The van der Waals surface area contributed by atoms with Crippen molar-refractivity contribution in [2.45, 2.75) is 27.2 Å². The van der Waals surface area contributed by atoms with Crippen molar-refractivity contribution in [2.24, 2.45) is 11.1 Å². The van der Waals surface area contributed by atoms with Gasteiger partial charge in [-0.2, -0.15) is 0 Å². The van der Waals surface area contributed by atoms with Gasteiger partial charge in [-0.25, -0.2) is 8.78 Å². The first-order valence-electron chi connectivity index (χ1n) is 5.00. The second-order valence-corrected chi connectivity index (χ2v) is 4.75. The molecule has 0 unspecified atom stereocenters. The number of halogens is 2. The Kier molecular flexibility index (Phi) is 3.45. The highest BCUT2D eigenvalue weighted by molar-refractivity contribution is 5.26. The SMILES string of the molecule is Cc1cc(F)c(CC(C)(C)CN)c(F)c1. The minimum atomic E-state index is -0.478. The van der Waals surface area contributed by atoms with E-state index in [0.717, 1.165) is 0 Å². The Labute approximate surface area is 89.3 Å². The van der Waals surface area contributed by atoms with Gasteiger partial charge >= 0.3 is 0 Å². The van der Waals surface area contributed by atoms with Crippen LogP contribution in [0.2, 0.25) is 0 Å². The Bertz CT molecular complexity index is 336. The first kappa shape index (κ1) is 12.1. The molecule has 0 saturated heterocycles. The van der Waals surface area contributed by atoms with E-state index in [0.29, 0.717) is 18.5 Å². The third-order valence-corrected chi connectivity index (χ3v) is 2.49. The quantitative estimate of drug-likeness (QED) is 0.821. The van der Waals surface area contributed by atoms with E-state index >= 15 is 0 Å². The number of nitrogens with two attached hydrogens (primary N) is 1. The summed E-state index contributed by atoms with van der Waals surface area (Å²) in [5.74, 6) is -0.956. The zero-order chi connectivity index (χ0) is 11.6. The molecular weight excluding hydrogens is 196 g/mol. The molecule has 15 heavy (non-hydrogen) atoms. The van der Waals surface area contributed by atoms with Crippen molar-refractivity contribution in [1.29, 1.82) is 0 Å². The summed E-state index contributed by atoms with van der Waals surface area (Å²) in [7, 11) is 0. The molecule has 0 heterocycles. The summed E-state index contributed by atoms with van der Waals surface area (Å²) in [5.41, 5.74) is 5.99. The van der Waals surface area contributed by atoms with Crippen molar-refractivity contribution in [3.63, 3.8) is 0 Å². The molecule has 1 aromatic carbocycles. The van der Waals surface area contributed by atoms with E-state index in [1.54, 1.807) is 6.92 Å². The van der Waals surface area contributed by atoms with Crippen LogP contribution in [-0.4, -0.2) is 6.54 Å². The molecule has 0 bridgehead atoms. The summed E-state index contributed by atoms with van der Waals surface area (Å²) < 4.78 is 27.0. The molecule has 0 fully saturated rings. The summed E-state index contributed by atoms with van der Waals surface area (Å²) in [6.07, 6.45) is 0.321. The molecule has 0 aliphatic heterocycles. The van der Waals surface area contributed by atoms with Gasteiger partial charge in [-0.05, 0) is 43.0 Å². The van der Waals surface area contributed by atoms with Crippen LogP contribution in [-0.2, 0) is 6.42 Å². The molecular formula is C12H17F2N. The second kappa shape index (κ2) is 4.27. The maximum Gasteiger partial charge on any atom is 0.129 e. The number of aryl methyl sites for hydroxylation is 1. The standard InChI is InChI=1S/C12H17F2N/c1-8-4-10(13)9(11(14)5-8)6-12(2,3)7-15/h4-5H,6-7,15H2,1-3H3. The van der Waals surface area contributed by atoms with E-state index < -0.39 is 11.6 Å². The number of benzene rings is 1. The first-order chi connectivity index (χ1) is 6.85. The van der Waals surface area contributed by atoms with Gasteiger partial charge in [0.1, 0.15) is 11.6 Å². The molecule has 1 aromatic rings. The van der Waals surface area contributed by atoms with Crippen molar-refractivity contribution in [1.82, 2.24) is 0 Å². The Balaban J connectivity index is 3.05. The van der Waals surface area contributed by atoms with Crippen molar-refractivity contribution < 1.29 is 8.78 Å². The number of rotatable bonds is 3. The van der Waals surface area contributed by atoms with Gasteiger partial charge in [-0.1, -0.05) is 13.8 Å². The fourth-order valence-corrected chi connectivity index (χ4v) is 1.45. The van der Waals surface area contributed by atoms with Crippen LogP contribution in [0.15, 0.2) is 12.1 Å². The van der Waals surface area contributed by atoms with Gasteiger partial charge in [0, 0.05) is 5.56 Å². The van der Waals surface area contributed by atoms with Crippen molar-refractivity contribution in [3.8, 4) is 0 Å². The molecule has 3 heteroatoms. The second-order valence-electron chi connectivity index (χ2n) is 4.75. The van der Waals surface area contributed by atoms with E-state index in [1.807, 2.05) is 13.8 Å². The Morgan fingerprint density at radius 2 is 1.67 bits per heavy atom. The topological polar surface area (TPSA) is 26.0 Å². The number of hydrogen-bond donors (Lipinski definition) is 1. The van der Waals surface area contributed by atoms with E-state index in [2.05, 4.69) is 0 Å². The van der Waals surface area contributed by atoms with Crippen molar-refractivity contribution >= 4 is 0 Å². The summed E-state index contributed by atoms with van der Waals surface area (Å²) in [6.45, 7) is 5.86. The van der Waals surface area contributed by atoms with Crippen LogP contribution in [0.4, 0.5) is 8.78 Å². The molecule has 0 spiro atoms. The van der Waals surface area contributed by atoms with Gasteiger partial charge in [-0.3, -0.25) is 0 Å². The molecule has 1 nitrogen and oxygen atoms in total. The maximum absolute atomic E-state index is 13.5. The molecule has 0 atom stereocenters. The lowest BCUT2D eigenvalue weighted by Gasteiger charge is -2.22. The average Bonchev–Trinajstić information content (AvgIpc) is 2.11. The van der Waals surface area contributed by atoms with Crippen LogP contribution in [0.5, 0.6) is 0 Å². The predicted octanol–water partition coefficient (Wildman–Crippen LogP) is 2.80. The molecule has 0 amide bonds. The molecule has 0 aromatic heterocycles. The molecule has 1 rings (SSSR count). The van der Waals surface area contributed by atoms with Gasteiger partial charge in [0.05, 0.1) is 0 Å². The predicted molar refractivity (Wildman–Crippen MR) is 57.6 cm³/mol. The highest BCUT2D eigenvalue weighted by Gasteiger charge is 2.21. The summed E-state index contributed by atoms with van der Waals surface area (Å²) in [4.78, 5) is 0. The Morgan fingerprint density at radius 1 is 1.20 bits per heavy atom. The molecule has 0 aliphatic rings. The van der Waals surface area contributed by atoms with Gasteiger partial charge in [0.15, 0.2) is 0 Å². The first-order valence-corrected chi connectivity index (χ1v) is 5.00.